The molecule has 0 aromatic heterocycles. The van der Waals surface area contributed by atoms with Crippen molar-refractivity contribution in [1.29, 1.82) is 0 Å². The van der Waals surface area contributed by atoms with E-state index in [4.69, 9.17) is 15.3 Å². The molecule has 0 spiro atoms. The van der Waals surface area contributed by atoms with Gasteiger partial charge in [-0.1, -0.05) is 13.8 Å². The summed E-state index contributed by atoms with van der Waals surface area (Å²) in [6.45, 7) is 8.63. The average molecular weight is 216 g/mol. The van der Waals surface area contributed by atoms with Crippen LogP contribution in [-0.2, 0) is 9.47 Å². The summed E-state index contributed by atoms with van der Waals surface area (Å²) in [5.41, 5.74) is 2.77. The van der Waals surface area contributed by atoms with E-state index in [2.05, 4.69) is 19.3 Å². The Morgan fingerprint density at radius 1 is 1.40 bits per heavy atom. The second-order valence-electron chi connectivity index (χ2n) is 4.50. The van der Waals surface area contributed by atoms with E-state index in [1.54, 1.807) is 0 Å². The first-order valence-electron chi connectivity index (χ1n) is 5.84. The van der Waals surface area contributed by atoms with Gasteiger partial charge in [-0.15, -0.1) is 0 Å². The molecular formula is C11H24N2O2. The highest BCUT2D eigenvalue weighted by molar-refractivity contribution is 4.95. The maximum absolute atomic E-state index is 5.96. The Bertz CT molecular complexity index is 174. The van der Waals surface area contributed by atoms with Crippen LogP contribution in [0.3, 0.4) is 0 Å². The van der Waals surface area contributed by atoms with Crippen molar-refractivity contribution < 1.29 is 9.47 Å². The van der Waals surface area contributed by atoms with Gasteiger partial charge >= 0.3 is 0 Å². The Balaban J connectivity index is 2.76. The van der Waals surface area contributed by atoms with Crippen molar-refractivity contribution in [3.8, 4) is 0 Å². The topological polar surface area (TPSA) is 56.5 Å². The summed E-state index contributed by atoms with van der Waals surface area (Å²) >= 11 is 0. The minimum atomic E-state index is -0.143. The Kier molecular flexibility index (Phi) is 4.99. The van der Waals surface area contributed by atoms with Gasteiger partial charge < -0.3 is 9.47 Å². The van der Waals surface area contributed by atoms with Crippen LogP contribution in [0.2, 0.25) is 0 Å². The van der Waals surface area contributed by atoms with Gasteiger partial charge in [0.1, 0.15) is 0 Å². The number of hydrogen-bond acceptors (Lipinski definition) is 4. The third kappa shape index (κ3) is 2.91. The molecule has 0 amide bonds. The van der Waals surface area contributed by atoms with E-state index < -0.39 is 0 Å². The zero-order chi connectivity index (χ0) is 11.3. The lowest BCUT2D eigenvalue weighted by atomic mass is 9.80. The molecule has 0 aromatic carbocycles. The van der Waals surface area contributed by atoms with Gasteiger partial charge in [-0.2, -0.15) is 0 Å². The van der Waals surface area contributed by atoms with Gasteiger partial charge in [-0.25, -0.2) is 0 Å². The van der Waals surface area contributed by atoms with Crippen LogP contribution in [0.5, 0.6) is 0 Å². The number of hydrogen-bond donors (Lipinski definition) is 2. The van der Waals surface area contributed by atoms with Gasteiger partial charge in [0.2, 0.25) is 0 Å². The van der Waals surface area contributed by atoms with Crippen molar-refractivity contribution in [3.05, 3.63) is 0 Å². The van der Waals surface area contributed by atoms with Crippen LogP contribution in [0.1, 0.15) is 33.6 Å². The molecule has 1 saturated heterocycles. The molecule has 0 aromatic rings. The molecule has 15 heavy (non-hydrogen) atoms. The Hall–Kier alpha value is -0.160. The molecule has 4 heteroatoms. The van der Waals surface area contributed by atoms with Crippen molar-refractivity contribution in [2.24, 2.45) is 11.8 Å². The molecule has 1 atom stereocenters. The number of hydrazine groups is 1. The molecule has 1 aliphatic heterocycles. The summed E-state index contributed by atoms with van der Waals surface area (Å²) in [5.74, 6) is 6.11. The molecule has 1 unspecified atom stereocenters. The van der Waals surface area contributed by atoms with E-state index in [1.165, 1.54) is 0 Å². The molecule has 1 fully saturated rings. The quantitative estimate of drug-likeness (QED) is 0.533. The molecule has 90 valence electrons. The van der Waals surface area contributed by atoms with Gasteiger partial charge in [0.25, 0.3) is 0 Å². The zero-order valence-electron chi connectivity index (χ0n) is 10.1. The van der Waals surface area contributed by atoms with Gasteiger partial charge in [0.15, 0.2) is 0 Å². The van der Waals surface area contributed by atoms with Crippen LogP contribution >= 0.6 is 0 Å². The smallest absolute Gasteiger partial charge is 0.0894 e. The fourth-order valence-corrected chi connectivity index (χ4v) is 2.50. The molecule has 1 heterocycles. The standard InChI is InChI=1S/C11H24N2O2/c1-4-15-11(5-7-14-8-6-11)10(13-12)9(2)3/h9-10,13H,4-8,12H2,1-3H3. The van der Waals surface area contributed by atoms with E-state index in [1.807, 2.05) is 6.92 Å². The highest BCUT2D eigenvalue weighted by Crippen LogP contribution is 2.32. The van der Waals surface area contributed by atoms with Crippen LogP contribution in [0.25, 0.3) is 0 Å². The van der Waals surface area contributed by atoms with Crippen LogP contribution in [-0.4, -0.2) is 31.5 Å². The van der Waals surface area contributed by atoms with Crippen molar-refractivity contribution in [2.45, 2.75) is 45.3 Å². The first kappa shape index (κ1) is 12.9. The lowest BCUT2D eigenvalue weighted by Gasteiger charge is -2.44. The van der Waals surface area contributed by atoms with Crippen molar-refractivity contribution >= 4 is 0 Å². The lowest BCUT2D eigenvalue weighted by molar-refractivity contribution is -0.134. The highest BCUT2D eigenvalue weighted by atomic mass is 16.5. The second kappa shape index (κ2) is 5.80. The fraction of sp³-hybridized carbons (Fsp3) is 1.00. The third-order valence-electron chi connectivity index (χ3n) is 3.18. The Morgan fingerprint density at radius 2 is 2.00 bits per heavy atom. The molecule has 0 saturated carbocycles. The van der Waals surface area contributed by atoms with Crippen LogP contribution in [0.15, 0.2) is 0 Å². The minimum absolute atomic E-state index is 0.143. The summed E-state index contributed by atoms with van der Waals surface area (Å²) in [7, 11) is 0. The van der Waals surface area contributed by atoms with E-state index in [-0.39, 0.29) is 11.6 Å². The molecule has 0 bridgehead atoms. The first-order valence-corrected chi connectivity index (χ1v) is 5.84. The van der Waals surface area contributed by atoms with Crippen LogP contribution < -0.4 is 11.3 Å². The fourth-order valence-electron chi connectivity index (χ4n) is 2.50. The van der Waals surface area contributed by atoms with Crippen molar-refractivity contribution in [1.82, 2.24) is 5.43 Å². The van der Waals surface area contributed by atoms with Gasteiger partial charge in [0, 0.05) is 32.7 Å². The van der Waals surface area contributed by atoms with Gasteiger partial charge in [-0.05, 0) is 12.8 Å². The molecule has 4 nitrogen and oxygen atoms in total. The predicted octanol–water partition coefficient (Wildman–Crippen LogP) is 1.06. The van der Waals surface area contributed by atoms with Crippen molar-refractivity contribution in [3.63, 3.8) is 0 Å². The molecule has 3 N–H and O–H groups in total. The highest BCUT2D eigenvalue weighted by Gasteiger charge is 2.42. The summed E-state index contributed by atoms with van der Waals surface area (Å²) in [5, 5.41) is 0. The number of ether oxygens (including phenoxy) is 2. The normalized spacial score (nSPS) is 23.0. The van der Waals surface area contributed by atoms with E-state index in [0.717, 1.165) is 32.7 Å². The first-order chi connectivity index (χ1) is 7.16. The van der Waals surface area contributed by atoms with Gasteiger partial charge in [-0.3, -0.25) is 11.3 Å². The molecular weight excluding hydrogens is 192 g/mol. The summed E-state index contributed by atoms with van der Waals surface area (Å²) in [4.78, 5) is 0. The summed E-state index contributed by atoms with van der Waals surface area (Å²) in [6.07, 6.45) is 1.85. The summed E-state index contributed by atoms with van der Waals surface area (Å²) in [6, 6.07) is 0.196. The number of rotatable bonds is 5. The molecule has 1 rings (SSSR count). The maximum Gasteiger partial charge on any atom is 0.0894 e. The van der Waals surface area contributed by atoms with Crippen LogP contribution in [0.4, 0.5) is 0 Å². The van der Waals surface area contributed by atoms with Crippen molar-refractivity contribution in [2.75, 3.05) is 19.8 Å². The largest absolute Gasteiger partial charge is 0.381 e. The second-order valence-corrected chi connectivity index (χ2v) is 4.50. The minimum Gasteiger partial charge on any atom is -0.381 e. The monoisotopic (exact) mass is 216 g/mol. The lowest BCUT2D eigenvalue weighted by Crippen LogP contribution is -2.59. The van der Waals surface area contributed by atoms with E-state index >= 15 is 0 Å². The predicted molar refractivity (Wildman–Crippen MR) is 60.4 cm³/mol. The summed E-state index contributed by atoms with van der Waals surface area (Å²) < 4.78 is 11.4. The maximum atomic E-state index is 5.96. The number of nitrogens with one attached hydrogen (secondary N) is 1. The van der Waals surface area contributed by atoms with Crippen LogP contribution in [0, 0.1) is 5.92 Å². The molecule has 1 aliphatic rings. The average Bonchev–Trinajstić information content (AvgIpc) is 2.19. The van der Waals surface area contributed by atoms with E-state index in [0.29, 0.717) is 5.92 Å². The molecule has 0 aliphatic carbocycles. The zero-order valence-corrected chi connectivity index (χ0v) is 10.1. The van der Waals surface area contributed by atoms with E-state index in [9.17, 15) is 0 Å². The molecule has 0 radical (unpaired) electrons. The SMILES string of the molecule is CCOC1(C(NN)C(C)C)CCOCC1. The van der Waals surface area contributed by atoms with Gasteiger partial charge in [0.05, 0.1) is 11.6 Å². The third-order valence-corrected chi connectivity index (χ3v) is 3.18. The Morgan fingerprint density at radius 3 is 2.40 bits per heavy atom. The Labute approximate surface area is 92.5 Å². The number of nitrogens with two attached hydrogens (primary N) is 1.